The molecule has 0 atom stereocenters. The van der Waals surface area contributed by atoms with Crippen LogP contribution in [-0.2, 0) is 9.53 Å². The van der Waals surface area contributed by atoms with E-state index in [1.807, 2.05) is 12.1 Å². The fourth-order valence-corrected chi connectivity index (χ4v) is 2.93. The van der Waals surface area contributed by atoms with E-state index in [1.165, 1.54) is 16.7 Å². The Morgan fingerprint density at radius 1 is 1.35 bits per heavy atom. The molecule has 0 fully saturated rings. The van der Waals surface area contributed by atoms with Crippen molar-refractivity contribution < 1.29 is 9.53 Å². The van der Waals surface area contributed by atoms with E-state index in [1.54, 1.807) is 22.7 Å². The van der Waals surface area contributed by atoms with Crippen LogP contribution < -0.4 is 0 Å². The first kappa shape index (κ1) is 11.9. The SMILES string of the molecule is CC(=O)OCC#Cc1ccc(-c2cccs2)s1. The Kier molecular flexibility index (Phi) is 3.97. The smallest absolute Gasteiger partial charge is 0.303 e. The number of carbonyl (C=O) groups excluding carboxylic acids is 1. The van der Waals surface area contributed by atoms with E-state index in [0.29, 0.717) is 0 Å². The van der Waals surface area contributed by atoms with E-state index < -0.39 is 0 Å². The van der Waals surface area contributed by atoms with Gasteiger partial charge in [0.1, 0.15) is 0 Å². The summed E-state index contributed by atoms with van der Waals surface area (Å²) in [6.45, 7) is 1.53. The van der Waals surface area contributed by atoms with Crippen molar-refractivity contribution in [2.75, 3.05) is 6.61 Å². The summed E-state index contributed by atoms with van der Waals surface area (Å²) in [5, 5.41) is 2.06. The third kappa shape index (κ3) is 3.45. The fraction of sp³-hybridized carbons (Fsp3) is 0.154. The van der Waals surface area contributed by atoms with E-state index in [0.717, 1.165) is 4.88 Å². The first-order valence-corrected chi connectivity index (χ1v) is 6.71. The second-order valence-electron chi connectivity index (χ2n) is 3.22. The van der Waals surface area contributed by atoms with Crippen LogP contribution >= 0.6 is 22.7 Å². The largest absolute Gasteiger partial charge is 0.453 e. The van der Waals surface area contributed by atoms with E-state index in [-0.39, 0.29) is 12.6 Å². The Morgan fingerprint density at radius 2 is 2.24 bits per heavy atom. The summed E-state index contributed by atoms with van der Waals surface area (Å²) in [5.41, 5.74) is 0. The summed E-state index contributed by atoms with van der Waals surface area (Å²) in [7, 11) is 0. The number of hydrogen-bond donors (Lipinski definition) is 0. The van der Waals surface area contributed by atoms with Crippen molar-refractivity contribution in [3.63, 3.8) is 0 Å². The van der Waals surface area contributed by atoms with Crippen molar-refractivity contribution in [2.45, 2.75) is 6.92 Å². The van der Waals surface area contributed by atoms with Crippen molar-refractivity contribution >= 4 is 28.6 Å². The van der Waals surface area contributed by atoms with Crippen LogP contribution in [0.15, 0.2) is 29.6 Å². The molecule has 0 saturated carbocycles. The Hall–Kier alpha value is -1.57. The molecule has 0 aliphatic heterocycles. The summed E-state index contributed by atoms with van der Waals surface area (Å²) in [4.78, 5) is 14.0. The molecule has 4 heteroatoms. The first-order chi connectivity index (χ1) is 8.25. The highest BCUT2D eigenvalue weighted by Crippen LogP contribution is 2.30. The molecule has 0 aliphatic carbocycles. The van der Waals surface area contributed by atoms with Crippen LogP contribution in [0.25, 0.3) is 9.75 Å². The molecule has 2 aromatic heterocycles. The lowest BCUT2D eigenvalue weighted by Crippen LogP contribution is -1.97. The van der Waals surface area contributed by atoms with Crippen LogP contribution in [0.4, 0.5) is 0 Å². The van der Waals surface area contributed by atoms with Gasteiger partial charge in [-0.1, -0.05) is 17.9 Å². The minimum Gasteiger partial charge on any atom is -0.453 e. The van der Waals surface area contributed by atoms with Gasteiger partial charge in [-0.05, 0) is 23.6 Å². The minimum absolute atomic E-state index is 0.154. The van der Waals surface area contributed by atoms with Crippen LogP contribution in [-0.4, -0.2) is 12.6 Å². The average Bonchev–Trinajstić information content (AvgIpc) is 2.94. The van der Waals surface area contributed by atoms with E-state index >= 15 is 0 Å². The zero-order valence-corrected chi connectivity index (χ0v) is 10.9. The van der Waals surface area contributed by atoms with Crippen LogP contribution in [0.2, 0.25) is 0 Å². The molecule has 2 heterocycles. The molecule has 0 amide bonds. The van der Waals surface area contributed by atoms with Gasteiger partial charge in [0, 0.05) is 16.7 Å². The van der Waals surface area contributed by atoms with Gasteiger partial charge in [-0.3, -0.25) is 4.79 Å². The minimum atomic E-state index is -0.301. The molecule has 0 bridgehead atoms. The summed E-state index contributed by atoms with van der Waals surface area (Å²) in [6.07, 6.45) is 0. The van der Waals surface area contributed by atoms with Gasteiger partial charge in [0.15, 0.2) is 6.61 Å². The van der Waals surface area contributed by atoms with Gasteiger partial charge in [-0.2, -0.15) is 0 Å². The van der Waals surface area contributed by atoms with Gasteiger partial charge in [0.2, 0.25) is 0 Å². The molecule has 0 saturated heterocycles. The zero-order valence-electron chi connectivity index (χ0n) is 9.23. The molecule has 0 unspecified atom stereocenters. The lowest BCUT2D eigenvalue weighted by molar-refractivity contribution is -0.139. The number of rotatable bonds is 2. The molecular formula is C13H10O2S2. The highest BCUT2D eigenvalue weighted by Gasteiger charge is 2.01. The third-order valence-electron chi connectivity index (χ3n) is 1.93. The second kappa shape index (κ2) is 5.67. The van der Waals surface area contributed by atoms with Gasteiger partial charge in [-0.25, -0.2) is 0 Å². The number of carbonyl (C=O) groups is 1. The van der Waals surface area contributed by atoms with Crippen molar-refractivity contribution in [1.29, 1.82) is 0 Å². The molecule has 0 N–H and O–H groups in total. The van der Waals surface area contributed by atoms with Crippen molar-refractivity contribution in [3.8, 4) is 21.6 Å². The Morgan fingerprint density at radius 3 is 2.94 bits per heavy atom. The number of thiophene rings is 2. The topological polar surface area (TPSA) is 26.3 Å². The monoisotopic (exact) mass is 262 g/mol. The first-order valence-electron chi connectivity index (χ1n) is 5.01. The predicted molar refractivity (Wildman–Crippen MR) is 71.1 cm³/mol. The average molecular weight is 262 g/mol. The maximum atomic E-state index is 10.5. The van der Waals surface area contributed by atoms with Crippen molar-refractivity contribution in [2.24, 2.45) is 0 Å². The maximum Gasteiger partial charge on any atom is 0.303 e. The molecule has 0 radical (unpaired) electrons. The van der Waals surface area contributed by atoms with Gasteiger partial charge >= 0.3 is 5.97 Å². The van der Waals surface area contributed by atoms with Crippen molar-refractivity contribution in [3.05, 3.63) is 34.5 Å². The second-order valence-corrected chi connectivity index (χ2v) is 5.25. The summed E-state index contributed by atoms with van der Waals surface area (Å²) < 4.78 is 4.74. The third-order valence-corrected chi connectivity index (χ3v) is 4.00. The van der Waals surface area contributed by atoms with Gasteiger partial charge in [0.05, 0.1) is 4.88 Å². The van der Waals surface area contributed by atoms with Crippen LogP contribution in [0, 0.1) is 11.8 Å². The Labute approximate surface area is 108 Å². The summed E-state index contributed by atoms with van der Waals surface area (Å²) >= 11 is 3.36. The predicted octanol–water partition coefficient (Wildman–Crippen LogP) is 3.39. The molecular weight excluding hydrogens is 252 g/mol. The van der Waals surface area contributed by atoms with Crippen molar-refractivity contribution in [1.82, 2.24) is 0 Å². The lowest BCUT2D eigenvalue weighted by atomic mass is 10.4. The molecule has 2 aromatic rings. The van der Waals surface area contributed by atoms with Gasteiger partial charge in [0.25, 0.3) is 0 Å². The molecule has 0 aromatic carbocycles. The van der Waals surface area contributed by atoms with E-state index in [4.69, 9.17) is 4.74 Å². The van der Waals surface area contributed by atoms with Crippen LogP contribution in [0.1, 0.15) is 11.8 Å². The molecule has 0 spiro atoms. The Balaban J connectivity index is 2.01. The highest BCUT2D eigenvalue weighted by molar-refractivity contribution is 7.21. The van der Waals surface area contributed by atoms with Crippen LogP contribution in [0.5, 0.6) is 0 Å². The normalized spacial score (nSPS) is 9.47. The fourth-order valence-electron chi connectivity index (χ4n) is 1.22. The molecule has 17 heavy (non-hydrogen) atoms. The Bertz CT molecular complexity index is 556. The quantitative estimate of drug-likeness (QED) is 0.612. The standard InChI is InChI=1S/C13H10O2S2/c1-10(14)15-8-2-4-11-6-7-13(17-11)12-5-3-9-16-12/h3,5-7,9H,8H2,1H3. The van der Waals surface area contributed by atoms with Gasteiger partial charge < -0.3 is 4.74 Å². The number of hydrogen-bond acceptors (Lipinski definition) is 4. The summed E-state index contributed by atoms with van der Waals surface area (Å²) in [6, 6.07) is 8.17. The van der Waals surface area contributed by atoms with Gasteiger partial charge in [-0.15, -0.1) is 22.7 Å². The molecule has 0 aliphatic rings. The van der Waals surface area contributed by atoms with Crippen LogP contribution in [0.3, 0.4) is 0 Å². The maximum absolute atomic E-state index is 10.5. The zero-order chi connectivity index (χ0) is 12.1. The molecule has 2 rings (SSSR count). The van der Waals surface area contributed by atoms with E-state index in [2.05, 4.69) is 29.4 Å². The summed E-state index contributed by atoms with van der Waals surface area (Å²) in [5.74, 6) is 5.49. The lowest BCUT2D eigenvalue weighted by Gasteiger charge is -1.90. The molecule has 2 nitrogen and oxygen atoms in total. The number of ether oxygens (including phenoxy) is 1. The van der Waals surface area contributed by atoms with E-state index in [9.17, 15) is 4.79 Å². The number of esters is 1. The highest BCUT2D eigenvalue weighted by atomic mass is 32.1. The molecule has 86 valence electrons.